The fourth-order valence-electron chi connectivity index (χ4n) is 2.46. The molecule has 0 aliphatic carbocycles. The van der Waals surface area contributed by atoms with Crippen molar-refractivity contribution in [2.75, 3.05) is 26.2 Å². The Morgan fingerprint density at radius 3 is 2.79 bits per heavy atom. The van der Waals surface area contributed by atoms with Crippen LogP contribution >= 0.6 is 0 Å². The molecule has 1 aliphatic heterocycles. The molecule has 0 saturated carbocycles. The van der Waals surface area contributed by atoms with Crippen molar-refractivity contribution in [2.24, 2.45) is 0 Å². The van der Waals surface area contributed by atoms with Crippen molar-refractivity contribution in [1.29, 1.82) is 0 Å². The van der Waals surface area contributed by atoms with Crippen molar-refractivity contribution in [3.8, 4) is 0 Å². The average molecular weight is 268 g/mol. The molecular formula is C15H28N2O2. The van der Waals surface area contributed by atoms with Gasteiger partial charge in [-0.25, -0.2) is 0 Å². The summed E-state index contributed by atoms with van der Waals surface area (Å²) in [5, 5.41) is 3.34. The fourth-order valence-corrected chi connectivity index (χ4v) is 2.46. The Balaban J connectivity index is 2.52. The molecule has 0 bridgehead atoms. The van der Waals surface area contributed by atoms with Gasteiger partial charge in [0.1, 0.15) is 6.10 Å². The molecule has 1 N–H and O–H groups in total. The average Bonchev–Trinajstić information content (AvgIpc) is 2.45. The lowest BCUT2D eigenvalue weighted by Gasteiger charge is -2.36. The van der Waals surface area contributed by atoms with Crippen LogP contribution in [0.25, 0.3) is 0 Å². The van der Waals surface area contributed by atoms with E-state index in [1.165, 1.54) is 0 Å². The maximum absolute atomic E-state index is 12.5. The second-order valence-electron chi connectivity index (χ2n) is 5.10. The number of amides is 1. The molecule has 0 spiro atoms. The summed E-state index contributed by atoms with van der Waals surface area (Å²) in [7, 11) is 0. The first-order valence-electron chi connectivity index (χ1n) is 7.44. The summed E-state index contributed by atoms with van der Waals surface area (Å²) < 4.78 is 5.58. The smallest absolute Gasteiger partial charge is 0.251 e. The summed E-state index contributed by atoms with van der Waals surface area (Å²) in [6.45, 7) is 11.0. The van der Waals surface area contributed by atoms with Crippen LogP contribution in [0.2, 0.25) is 0 Å². The molecule has 110 valence electrons. The Bertz CT molecular complexity index is 275. The number of hydrogen-bond donors (Lipinski definition) is 1. The molecule has 1 saturated heterocycles. The third-order valence-electron chi connectivity index (χ3n) is 3.53. The maximum Gasteiger partial charge on any atom is 0.251 e. The van der Waals surface area contributed by atoms with Gasteiger partial charge >= 0.3 is 0 Å². The summed E-state index contributed by atoms with van der Waals surface area (Å²) >= 11 is 0. The minimum atomic E-state index is -0.346. The van der Waals surface area contributed by atoms with Crippen LogP contribution < -0.4 is 5.32 Å². The summed E-state index contributed by atoms with van der Waals surface area (Å²) in [6, 6.07) is 0.374. The Morgan fingerprint density at radius 1 is 1.53 bits per heavy atom. The summed E-state index contributed by atoms with van der Waals surface area (Å²) in [4.78, 5) is 14.5. The summed E-state index contributed by atoms with van der Waals surface area (Å²) in [5.74, 6) is 0.137. The highest BCUT2D eigenvalue weighted by Crippen LogP contribution is 2.15. The van der Waals surface area contributed by atoms with Crippen molar-refractivity contribution in [1.82, 2.24) is 10.2 Å². The molecule has 0 radical (unpaired) electrons. The molecular weight excluding hydrogens is 240 g/mol. The van der Waals surface area contributed by atoms with E-state index in [9.17, 15) is 4.79 Å². The zero-order valence-corrected chi connectivity index (χ0v) is 12.4. The lowest BCUT2D eigenvalue weighted by atomic mass is 10.0. The predicted molar refractivity (Wildman–Crippen MR) is 78.1 cm³/mol. The van der Waals surface area contributed by atoms with Gasteiger partial charge in [-0.15, -0.1) is 6.58 Å². The molecule has 4 heteroatoms. The number of nitrogens with zero attached hydrogens (tertiary/aromatic N) is 1. The van der Waals surface area contributed by atoms with Gasteiger partial charge < -0.3 is 15.0 Å². The quantitative estimate of drug-likeness (QED) is 0.540. The van der Waals surface area contributed by atoms with E-state index in [0.717, 1.165) is 45.3 Å². The molecule has 1 heterocycles. The molecule has 1 atom stereocenters. The van der Waals surface area contributed by atoms with E-state index in [-0.39, 0.29) is 12.0 Å². The van der Waals surface area contributed by atoms with Crippen molar-refractivity contribution < 1.29 is 9.53 Å². The Morgan fingerprint density at radius 2 is 2.21 bits per heavy atom. The van der Waals surface area contributed by atoms with Crippen LogP contribution in [-0.4, -0.2) is 49.2 Å². The number of ether oxygens (including phenoxy) is 1. The van der Waals surface area contributed by atoms with Crippen LogP contribution in [0, 0.1) is 0 Å². The van der Waals surface area contributed by atoms with Gasteiger partial charge in [-0.1, -0.05) is 13.0 Å². The van der Waals surface area contributed by atoms with E-state index in [1.54, 1.807) is 0 Å². The second kappa shape index (κ2) is 9.10. The lowest BCUT2D eigenvalue weighted by molar-refractivity contribution is -0.145. The molecule has 0 aromatic heterocycles. The van der Waals surface area contributed by atoms with Gasteiger partial charge in [0.15, 0.2) is 0 Å². The van der Waals surface area contributed by atoms with Crippen LogP contribution in [0.3, 0.4) is 0 Å². The topological polar surface area (TPSA) is 41.6 Å². The first kappa shape index (κ1) is 16.2. The van der Waals surface area contributed by atoms with Crippen molar-refractivity contribution in [3.05, 3.63) is 12.7 Å². The van der Waals surface area contributed by atoms with Crippen molar-refractivity contribution in [3.63, 3.8) is 0 Å². The van der Waals surface area contributed by atoms with Gasteiger partial charge in [0.2, 0.25) is 0 Å². The summed E-state index contributed by atoms with van der Waals surface area (Å²) in [5.41, 5.74) is 0. The number of rotatable bonds is 8. The standard InChI is InChI=1S/C15H28N2O2/c1-4-6-12-19-13(3)15(18)17(11-5-2)14-7-9-16-10-8-14/h4,13-14,16H,1,5-12H2,2-3H3. The summed E-state index contributed by atoms with van der Waals surface area (Å²) in [6.07, 6.45) is 5.35. The SMILES string of the molecule is C=CCCOC(C)C(=O)N(CCC)C1CCNCC1. The largest absolute Gasteiger partial charge is 0.368 e. The molecule has 0 aromatic rings. The number of carbonyl (C=O) groups is 1. The normalized spacial score (nSPS) is 18.0. The van der Waals surface area contributed by atoms with Crippen LogP contribution in [0.15, 0.2) is 12.7 Å². The zero-order valence-electron chi connectivity index (χ0n) is 12.4. The lowest BCUT2D eigenvalue weighted by Crippen LogP contribution is -2.49. The molecule has 1 fully saturated rings. The molecule has 1 rings (SSSR count). The maximum atomic E-state index is 12.5. The molecule has 4 nitrogen and oxygen atoms in total. The molecule has 1 aliphatic rings. The van der Waals surface area contributed by atoms with Crippen LogP contribution in [-0.2, 0) is 9.53 Å². The first-order chi connectivity index (χ1) is 9.20. The first-order valence-corrected chi connectivity index (χ1v) is 7.44. The highest BCUT2D eigenvalue weighted by molar-refractivity contribution is 5.80. The highest BCUT2D eigenvalue weighted by atomic mass is 16.5. The molecule has 19 heavy (non-hydrogen) atoms. The highest BCUT2D eigenvalue weighted by Gasteiger charge is 2.28. The third-order valence-corrected chi connectivity index (χ3v) is 3.53. The van der Waals surface area contributed by atoms with Crippen LogP contribution in [0.5, 0.6) is 0 Å². The predicted octanol–water partition coefficient (Wildman–Crippen LogP) is 1.96. The number of hydrogen-bond acceptors (Lipinski definition) is 3. The van der Waals surface area contributed by atoms with E-state index in [4.69, 9.17) is 4.74 Å². The van der Waals surface area contributed by atoms with Gasteiger partial charge in [-0.05, 0) is 45.7 Å². The van der Waals surface area contributed by atoms with E-state index >= 15 is 0 Å². The van der Waals surface area contributed by atoms with E-state index in [1.807, 2.05) is 17.9 Å². The van der Waals surface area contributed by atoms with E-state index in [2.05, 4.69) is 18.8 Å². The van der Waals surface area contributed by atoms with E-state index < -0.39 is 0 Å². The third kappa shape index (κ3) is 5.33. The molecule has 0 aromatic carbocycles. The van der Waals surface area contributed by atoms with E-state index in [0.29, 0.717) is 12.6 Å². The monoisotopic (exact) mass is 268 g/mol. The van der Waals surface area contributed by atoms with Gasteiger partial charge in [-0.3, -0.25) is 4.79 Å². The van der Waals surface area contributed by atoms with Gasteiger partial charge in [0.05, 0.1) is 6.61 Å². The minimum absolute atomic E-state index is 0.137. The number of nitrogens with one attached hydrogen (secondary N) is 1. The number of piperidine rings is 1. The fraction of sp³-hybridized carbons (Fsp3) is 0.800. The Hall–Kier alpha value is -0.870. The molecule has 1 amide bonds. The second-order valence-corrected chi connectivity index (χ2v) is 5.10. The minimum Gasteiger partial charge on any atom is -0.368 e. The Labute approximate surface area is 117 Å². The Kier molecular flexibility index (Phi) is 7.75. The van der Waals surface area contributed by atoms with Crippen LogP contribution in [0.4, 0.5) is 0 Å². The van der Waals surface area contributed by atoms with Gasteiger partial charge in [0.25, 0.3) is 5.91 Å². The van der Waals surface area contributed by atoms with Crippen LogP contribution in [0.1, 0.15) is 39.5 Å². The number of carbonyl (C=O) groups excluding carboxylic acids is 1. The van der Waals surface area contributed by atoms with Crippen molar-refractivity contribution >= 4 is 5.91 Å². The zero-order chi connectivity index (χ0) is 14.1. The van der Waals surface area contributed by atoms with Gasteiger partial charge in [0, 0.05) is 12.6 Å². The van der Waals surface area contributed by atoms with Crippen molar-refractivity contribution in [2.45, 2.75) is 51.7 Å². The molecule has 1 unspecified atom stereocenters. The van der Waals surface area contributed by atoms with Gasteiger partial charge in [-0.2, -0.15) is 0 Å².